The third-order valence-electron chi connectivity index (χ3n) is 4.53. The summed E-state index contributed by atoms with van der Waals surface area (Å²) in [4.78, 5) is 6.55. The summed E-state index contributed by atoms with van der Waals surface area (Å²) in [6, 6.07) is 0. The average molecular weight is 361 g/mol. The van der Waals surface area contributed by atoms with Crippen LogP contribution in [0.1, 0.15) is 54.5 Å². The highest BCUT2D eigenvalue weighted by atomic mass is 16.5. The largest absolute Gasteiger partial charge is 0.361 e. The zero-order chi connectivity index (χ0) is 19.3. The van der Waals surface area contributed by atoms with Gasteiger partial charge in [-0.2, -0.15) is 5.10 Å². The second-order valence-corrected chi connectivity index (χ2v) is 7.10. The van der Waals surface area contributed by atoms with Crippen molar-refractivity contribution in [1.29, 1.82) is 0 Å². The summed E-state index contributed by atoms with van der Waals surface area (Å²) in [5, 5.41) is 12.0. The zero-order valence-corrected chi connectivity index (χ0v) is 17.1. The van der Waals surface area contributed by atoms with Gasteiger partial charge >= 0.3 is 0 Å². The Morgan fingerprint density at radius 1 is 1.38 bits per heavy atom. The predicted molar refractivity (Wildman–Crippen MR) is 104 cm³/mol. The van der Waals surface area contributed by atoms with Gasteiger partial charge in [-0.15, -0.1) is 0 Å². The molecule has 0 aliphatic carbocycles. The van der Waals surface area contributed by atoms with Gasteiger partial charge in [-0.1, -0.05) is 19.0 Å². The van der Waals surface area contributed by atoms with Crippen LogP contribution in [0.15, 0.2) is 15.7 Å². The van der Waals surface area contributed by atoms with E-state index in [4.69, 9.17) is 4.52 Å². The van der Waals surface area contributed by atoms with Gasteiger partial charge in [0.2, 0.25) is 0 Å². The Balaban J connectivity index is 1.88. The van der Waals surface area contributed by atoms with Crippen LogP contribution in [0.3, 0.4) is 0 Å². The van der Waals surface area contributed by atoms with E-state index in [9.17, 15) is 0 Å². The van der Waals surface area contributed by atoms with Gasteiger partial charge in [-0.25, -0.2) is 0 Å². The highest BCUT2D eigenvalue weighted by Crippen LogP contribution is 2.18. The van der Waals surface area contributed by atoms with E-state index in [0.717, 1.165) is 49.0 Å². The minimum Gasteiger partial charge on any atom is -0.361 e. The molecule has 144 valence electrons. The number of aryl methyl sites for hydroxylation is 3. The van der Waals surface area contributed by atoms with Crippen LogP contribution < -0.4 is 5.32 Å². The molecule has 2 aromatic rings. The van der Waals surface area contributed by atoms with Gasteiger partial charge in [0.05, 0.1) is 11.4 Å². The molecule has 0 aliphatic rings. The Hall–Kier alpha value is -2.31. The van der Waals surface area contributed by atoms with Crippen molar-refractivity contribution in [2.45, 2.75) is 53.0 Å². The van der Waals surface area contributed by atoms with E-state index in [0.29, 0.717) is 5.92 Å². The van der Waals surface area contributed by atoms with Gasteiger partial charge in [0.1, 0.15) is 5.76 Å². The first-order valence-corrected chi connectivity index (χ1v) is 9.19. The summed E-state index contributed by atoms with van der Waals surface area (Å²) in [5.41, 5.74) is 4.59. The molecule has 0 atom stereocenters. The predicted octanol–water partition coefficient (Wildman–Crippen LogP) is 2.79. The van der Waals surface area contributed by atoms with E-state index in [-0.39, 0.29) is 0 Å². The van der Waals surface area contributed by atoms with Crippen molar-refractivity contribution in [2.24, 2.45) is 12.0 Å². The smallest absolute Gasteiger partial charge is 0.193 e. The second kappa shape index (κ2) is 8.87. The SMILES string of the molecule is CN=C(NCCCc1c(C)noc1C)N(C)Cc1cn(C)nc1C(C)C. The highest BCUT2D eigenvalue weighted by molar-refractivity contribution is 5.79. The van der Waals surface area contributed by atoms with Crippen molar-refractivity contribution in [2.75, 3.05) is 20.6 Å². The van der Waals surface area contributed by atoms with Gasteiger partial charge in [-0.05, 0) is 32.6 Å². The molecule has 0 fully saturated rings. The maximum absolute atomic E-state index is 5.22. The Bertz CT molecular complexity index is 724. The summed E-state index contributed by atoms with van der Waals surface area (Å²) in [7, 11) is 5.84. The van der Waals surface area contributed by atoms with Crippen LogP contribution in [-0.2, 0) is 20.0 Å². The van der Waals surface area contributed by atoms with Crippen molar-refractivity contribution >= 4 is 5.96 Å². The van der Waals surface area contributed by atoms with E-state index in [1.165, 1.54) is 11.1 Å². The highest BCUT2D eigenvalue weighted by Gasteiger charge is 2.15. The van der Waals surface area contributed by atoms with E-state index >= 15 is 0 Å². The fourth-order valence-electron chi connectivity index (χ4n) is 3.20. The van der Waals surface area contributed by atoms with Crippen LogP contribution in [0, 0.1) is 13.8 Å². The van der Waals surface area contributed by atoms with Gasteiger partial charge in [-0.3, -0.25) is 9.67 Å². The molecule has 1 N–H and O–H groups in total. The molecule has 26 heavy (non-hydrogen) atoms. The number of rotatable bonds is 7. The van der Waals surface area contributed by atoms with Crippen molar-refractivity contribution in [1.82, 2.24) is 25.2 Å². The minimum absolute atomic E-state index is 0.407. The van der Waals surface area contributed by atoms with Gasteiger partial charge < -0.3 is 14.7 Å². The molecule has 0 amide bonds. The molecular formula is C19H32N6O. The maximum Gasteiger partial charge on any atom is 0.193 e. The maximum atomic E-state index is 5.22. The third kappa shape index (κ3) is 4.86. The van der Waals surface area contributed by atoms with E-state index in [2.05, 4.69) is 52.6 Å². The molecule has 2 rings (SSSR count). The fourth-order valence-corrected chi connectivity index (χ4v) is 3.20. The first-order valence-electron chi connectivity index (χ1n) is 9.19. The lowest BCUT2D eigenvalue weighted by Crippen LogP contribution is -2.39. The minimum atomic E-state index is 0.407. The second-order valence-electron chi connectivity index (χ2n) is 7.10. The molecule has 0 aromatic carbocycles. The van der Waals surface area contributed by atoms with Crippen molar-refractivity contribution in [3.63, 3.8) is 0 Å². The molecule has 2 heterocycles. The number of aliphatic imine (C=N–C) groups is 1. The summed E-state index contributed by atoms with van der Waals surface area (Å²) >= 11 is 0. The van der Waals surface area contributed by atoms with Gasteiger partial charge in [0.15, 0.2) is 5.96 Å². The molecule has 0 saturated carbocycles. The lowest BCUT2D eigenvalue weighted by molar-refractivity contribution is 0.392. The van der Waals surface area contributed by atoms with Crippen LogP contribution >= 0.6 is 0 Å². The molecule has 7 nitrogen and oxygen atoms in total. The number of nitrogens with zero attached hydrogens (tertiary/aromatic N) is 5. The standard InChI is InChI=1S/C19H32N6O/c1-13(2)18-16(12-25(7)22-18)11-24(6)19(20-5)21-10-8-9-17-14(3)23-26-15(17)4/h12-13H,8-11H2,1-7H3,(H,20,21). The molecule has 0 saturated heterocycles. The van der Waals surface area contributed by atoms with Crippen LogP contribution in [-0.4, -0.2) is 46.4 Å². The molecule has 7 heteroatoms. The molecule has 0 spiro atoms. The molecule has 0 aliphatic heterocycles. The lowest BCUT2D eigenvalue weighted by Gasteiger charge is -2.22. The zero-order valence-electron chi connectivity index (χ0n) is 17.1. The third-order valence-corrected chi connectivity index (χ3v) is 4.53. The number of hydrogen-bond donors (Lipinski definition) is 1. The number of nitrogens with one attached hydrogen (secondary N) is 1. The van der Waals surface area contributed by atoms with Gasteiger partial charge in [0, 0.05) is 51.6 Å². The van der Waals surface area contributed by atoms with E-state index in [1.54, 1.807) is 0 Å². The van der Waals surface area contributed by atoms with Crippen LogP contribution in [0.5, 0.6) is 0 Å². The Kier molecular flexibility index (Phi) is 6.83. The molecular weight excluding hydrogens is 328 g/mol. The molecule has 0 radical (unpaired) electrons. The Morgan fingerprint density at radius 3 is 2.69 bits per heavy atom. The number of aromatic nitrogens is 3. The fraction of sp³-hybridized carbons (Fsp3) is 0.632. The Morgan fingerprint density at radius 2 is 2.12 bits per heavy atom. The summed E-state index contributed by atoms with van der Waals surface area (Å²) < 4.78 is 7.11. The van der Waals surface area contributed by atoms with Crippen molar-refractivity contribution < 1.29 is 4.52 Å². The monoisotopic (exact) mass is 360 g/mol. The van der Waals surface area contributed by atoms with Gasteiger partial charge in [0.25, 0.3) is 0 Å². The number of hydrogen-bond acceptors (Lipinski definition) is 4. The number of guanidine groups is 1. The first-order chi connectivity index (χ1) is 12.3. The summed E-state index contributed by atoms with van der Waals surface area (Å²) in [6.07, 6.45) is 4.05. The van der Waals surface area contributed by atoms with Crippen molar-refractivity contribution in [3.8, 4) is 0 Å². The summed E-state index contributed by atoms with van der Waals surface area (Å²) in [6.45, 7) is 9.94. The topological polar surface area (TPSA) is 71.5 Å². The van der Waals surface area contributed by atoms with Crippen LogP contribution in [0.25, 0.3) is 0 Å². The quantitative estimate of drug-likeness (QED) is 0.467. The lowest BCUT2D eigenvalue weighted by atomic mass is 10.1. The van der Waals surface area contributed by atoms with Crippen LogP contribution in [0.4, 0.5) is 0 Å². The Labute approximate surface area is 156 Å². The van der Waals surface area contributed by atoms with Crippen LogP contribution in [0.2, 0.25) is 0 Å². The molecule has 0 bridgehead atoms. The van der Waals surface area contributed by atoms with E-state index in [1.807, 2.05) is 32.6 Å². The normalized spacial score (nSPS) is 12.1. The molecule has 0 unspecified atom stereocenters. The summed E-state index contributed by atoms with van der Waals surface area (Å²) in [5.74, 6) is 2.22. The molecule has 2 aromatic heterocycles. The first kappa shape index (κ1) is 20.0. The van der Waals surface area contributed by atoms with E-state index < -0.39 is 0 Å². The van der Waals surface area contributed by atoms with Crippen molar-refractivity contribution in [3.05, 3.63) is 34.5 Å². The average Bonchev–Trinajstić information content (AvgIpc) is 3.10.